The fourth-order valence-corrected chi connectivity index (χ4v) is 2.70. The second kappa shape index (κ2) is 8.24. The molecular weight excluding hydrogens is 302 g/mol. The number of hydrogen-bond donors (Lipinski definition) is 2. The minimum Gasteiger partial charge on any atom is -0.435 e. The summed E-state index contributed by atoms with van der Waals surface area (Å²) in [4.78, 5) is 12.0. The third-order valence-corrected chi connectivity index (χ3v) is 4.31. The minimum absolute atomic E-state index is 0.0256. The molecule has 0 aliphatic carbocycles. The Morgan fingerprint density at radius 1 is 1.30 bits per heavy atom. The van der Waals surface area contributed by atoms with Gasteiger partial charge in [-0.25, -0.2) is 0 Å². The van der Waals surface area contributed by atoms with E-state index in [1.54, 1.807) is 12.1 Å². The highest BCUT2D eigenvalue weighted by atomic mass is 19.3. The summed E-state index contributed by atoms with van der Waals surface area (Å²) >= 11 is 0. The zero-order valence-electron chi connectivity index (χ0n) is 13.4. The van der Waals surface area contributed by atoms with Crippen LogP contribution in [0.2, 0.25) is 0 Å². The Morgan fingerprint density at radius 2 is 1.96 bits per heavy atom. The van der Waals surface area contributed by atoms with Crippen LogP contribution >= 0.6 is 0 Å². The van der Waals surface area contributed by atoms with Crippen LogP contribution in [0.15, 0.2) is 24.3 Å². The summed E-state index contributed by atoms with van der Waals surface area (Å²) in [6.07, 6.45) is 3.11. The molecule has 1 saturated heterocycles. The number of benzene rings is 1. The lowest BCUT2D eigenvalue weighted by molar-refractivity contribution is -0.121. The predicted octanol–water partition coefficient (Wildman–Crippen LogP) is 2.73. The van der Waals surface area contributed by atoms with Crippen LogP contribution in [0.1, 0.15) is 31.7 Å². The minimum atomic E-state index is -2.82. The number of rotatable bonds is 7. The molecule has 4 nitrogen and oxygen atoms in total. The molecule has 1 aromatic carbocycles. The maximum Gasteiger partial charge on any atom is 0.387 e. The van der Waals surface area contributed by atoms with Gasteiger partial charge < -0.3 is 15.4 Å². The van der Waals surface area contributed by atoms with Gasteiger partial charge in [-0.1, -0.05) is 19.1 Å². The number of amides is 1. The summed E-state index contributed by atoms with van der Waals surface area (Å²) in [5.74, 6) is 0.157. The predicted molar refractivity (Wildman–Crippen MR) is 84.6 cm³/mol. The second-order valence-corrected chi connectivity index (χ2v) is 6.36. The van der Waals surface area contributed by atoms with Gasteiger partial charge in [0.25, 0.3) is 0 Å². The zero-order chi connectivity index (χ0) is 16.7. The molecule has 1 aliphatic heterocycles. The number of halogens is 2. The van der Waals surface area contributed by atoms with E-state index in [1.165, 1.54) is 12.1 Å². The molecule has 0 radical (unpaired) electrons. The van der Waals surface area contributed by atoms with Gasteiger partial charge in [-0.3, -0.25) is 4.79 Å². The van der Waals surface area contributed by atoms with E-state index >= 15 is 0 Å². The quantitative estimate of drug-likeness (QED) is 0.810. The summed E-state index contributed by atoms with van der Waals surface area (Å²) < 4.78 is 28.4. The summed E-state index contributed by atoms with van der Waals surface area (Å²) in [5, 5.41) is 6.33. The maximum atomic E-state index is 12.1. The van der Waals surface area contributed by atoms with Crippen molar-refractivity contribution in [2.75, 3.05) is 19.6 Å². The zero-order valence-corrected chi connectivity index (χ0v) is 13.4. The van der Waals surface area contributed by atoms with Crippen molar-refractivity contribution in [2.24, 2.45) is 5.41 Å². The van der Waals surface area contributed by atoms with E-state index in [0.717, 1.165) is 31.5 Å². The topological polar surface area (TPSA) is 50.4 Å². The van der Waals surface area contributed by atoms with Gasteiger partial charge in [0.15, 0.2) is 0 Å². The monoisotopic (exact) mass is 326 g/mol. The van der Waals surface area contributed by atoms with E-state index in [-0.39, 0.29) is 17.1 Å². The van der Waals surface area contributed by atoms with Crippen molar-refractivity contribution < 1.29 is 18.3 Å². The number of nitrogens with one attached hydrogen (secondary N) is 2. The Kier molecular flexibility index (Phi) is 6.33. The number of ether oxygens (including phenoxy) is 1. The van der Waals surface area contributed by atoms with Crippen LogP contribution in [-0.2, 0) is 11.2 Å². The average molecular weight is 326 g/mol. The molecule has 1 amide bonds. The largest absolute Gasteiger partial charge is 0.435 e. The molecule has 0 saturated carbocycles. The number of carbonyl (C=O) groups is 1. The molecule has 0 aromatic heterocycles. The van der Waals surface area contributed by atoms with E-state index < -0.39 is 6.61 Å². The Morgan fingerprint density at radius 3 is 2.57 bits per heavy atom. The van der Waals surface area contributed by atoms with Gasteiger partial charge in [-0.05, 0) is 55.5 Å². The molecule has 0 bridgehead atoms. The van der Waals surface area contributed by atoms with E-state index in [0.29, 0.717) is 19.4 Å². The van der Waals surface area contributed by atoms with Crippen LogP contribution < -0.4 is 15.4 Å². The van der Waals surface area contributed by atoms with Crippen molar-refractivity contribution in [1.82, 2.24) is 10.6 Å². The molecule has 2 N–H and O–H groups in total. The van der Waals surface area contributed by atoms with Crippen LogP contribution in [0.5, 0.6) is 5.75 Å². The van der Waals surface area contributed by atoms with E-state index in [4.69, 9.17) is 0 Å². The second-order valence-electron chi connectivity index (χ2n) is 6.36. The molecule has 2 rings (SSSR count). The van der Waals surface area contributed by atoms with Gasteiger partial charge in [0.2, 0.25) is 5.91 Å². The van der Waals surface area contributed by atoms with Gasteiger partial charge in [-0.2, -0.15) is 8.78 Å². The normalized spacial score (nSPS) is 17.0. The Labute approximate surface area is 135 Å². The van der Waals surface area contributed by atoms with Crippen molar-refractivity contribution in [2.45, 2.75) is 39.2 Å². The third-order valence-electron chi connectivity index (χ3n) is 4.31. The van der Waals surface area contributed by atoms with Crippen LogP contribution in [0.25, 0.3) is 0 Å². The molecule has 1 fully saturated rings. The maximum absolute atomic E-state index is 12.1. The van der Waals surface area contributed by atoms with Gasteiger partial charge in [0.05, 0.1) is 0 Å². The van der Waals surface area contributed by atoms with Crippen LogP contribution in [-0.4, -0.2) is 32.2 Å². The van der Waals surface area contributed by atoms with E-state index in [1.807, 2.05) is 0 Å². The Hall–Kier alpha value is -1.69. The fraction of sp³-hybridized carbons (Fsp3) is 0.588. The standard InChI is InChI=1S/C17H24F2N2O2/c1-17(8-10-20-11-9-17)12-21-15(22)7-4-13-2-5-14(6-3-13)23-16(18)19/h2-3,5-6,16,20H,4,7-12H2,1H3,(H,21,22). The van der Waals surface area contributed by atoms with Gasteiger partial charge in [0, 0.05) is 13.0 Å². The van der Waals surface area contributed by atoms with Gasteiger partial charge in [-0.15, -0.1) is 0 Å². The van der Waals surface area contributed by atoms with Crippen LogP contribution in [0.3, 0.4) is 0 Å². The van der Waals surface area contributed by atoms with E-state index in [2.05, 4.69) is 22.3 Å². The lowest BCUT2D eigenvalue weighted by Gasteiger charge is -2.34. The highest BCUT2D eigenvalue weighted by Crippen LogP contribution is 2.26. The number of piperidine rings is 1. The Balaban J connectivity index is 1.71. The number of hydrogen-bond acceptors (Lipinski definition) is 3. The molecule has 23 heavy (non-hydrogen) atoms. The number of carbonyl (C=O) groups excluding carboxylic acids is 1. The SMILES string of the molecule is CC1(CNC(=O)CCc2ccc(OC(F)F)cc2)CCNCC1. The first-order valence-corrected chi connectivity index (χ1v) is 7.98. The molecule has 0 atom stereocenters. The Bertz CT molecular complexity index is 500. The number of alkyl halides is 2. The molecule has 0 unspecified atom stereocenters. The highest BCUT2D eigenvalue weighted by Gasteiger charge is 2.26. The van der Waals surface area contributed by atoms with Crippen molar-refractivity contribution in [1.29, 1.82) is 0 Å². The summed E-state index contributed by atoms with van der Waals surface area (Å²) in [5.41, 5.74) is 1.10. The van der Waals surface area contributed by atoms with Crippen molar-refractivity contribution >= 4 is 5.91 Å². The van der Waals surface area contributed by atoms with Crippen LogP contribution in [0, 0.1) is 5.41 Å². The smallest absolute Gasteiger partial charge is 0.387 e. The summed E-state index contributed by atoms with van der Waals surface area (Å²) in [6.45, 7) is 2.09. The first-order chi connectivity index (χ1) is 11.0. The molecule has 0 spiro atoms. The van der Waals surface area contributed by atoms with Crippen molar-refractivity contribution in [3.8, 4) is 5.75 Å². The summed E-state index contributed by atoms with van der Waals surface area (Å²) in [7, 11) is 0. The van der Waals surface area contributed by atoms with Crippen molar-refractivity contribution in [3.63, 3.8) is 0 Å². The van der Waals surface area contributed by atoms with Crippen molar-refractivity contribution in [3.05, 3.63) is 29.8 Å². The third kappa shape index (κ3) is 6.14. The molecule has 6 heteroatoms. The lowest BCUT2D eigenvalue weighted by atomic mass is 9.81. The highest BCUT2D eigenvalue weighted by molar-refractivity contribution is 5.76. The average Bonchev–Trinajstić information content (AvgIpc) is 2.52. The fourth-order valence-electron chi connectivity index (χ4n) is 2.70. The first kappa shape index (κ1) is 17.7. The molecule has 128 valence electrons. The first-order valence-electron chi connectivity index (χ1n) is 7.98. The number of aryl methyl sites for hydroxylation is 1. The summed E-state index contributed by atoms with van der Waals surface area (Å²) in [6, 6.07) is 6.41. The molecular formula is C17H24F2N2O2. The lowest BCUT2D eigenvalue weighted by Crippen LogP contribution is -2.42. The molecule has 1 heterocycles. The molecule has 1 aliphatic rings. The van der Waals surface area contributed by atoms with Crippen LogP contribution in [0.4, 0.5) is 8.78 Å². The van der Waals surface area contributed by atoms with Gasteiger partial charge >= 0.3 is 6.61 Å². The van der Waals surface area contributed by atoms with Gasteiger partial charge in [0.1, 0.15) is 5.75 Å². The van der Waals surface area contributed by atoms with E-state index in [9.17, 15) is 13.6 Å². The molecule has 1 aromatic rings.